The van der Waals surface area contributed by atoms with E-state index in [1.807, 2.05) is 12.1 Å². The van der Waals surface area contributed by atoms with E-state index in [0.717, 1.165) is 11.8 Å². The predicted molar refractivity (Wildman–Crippen MR) is 99.4 cm³/mol. The standard InChI is InChI=1S/C19H25N3O5/c1-12(2)17(19(24)25)22-11-14(10-20)18(23)21-8-7-13-5-6-15(26-3)16(9-13)27-4/h5-6,9,11-12,17,22H,7-8H2,1-4H3,(H,21,23)(H,24,25)/b14-11-. The number of ether oxygens (including phenoxy) is 2. The average molecular weight is 375 g/mol. The smallest absolute Gasteiger partial charge is 0.326 e. The molecule has 0 saturated heterocycles. The summed E-state index contributed by atoms with van der Waals surface area (Å²) in [5.41, 5.74) is 0.744. The van der Waals surface area contributed by atoms with E-state index >= 15 is 0 Å². The molecule has 8 nitrogen and oxygen atoms in total. The third-order valence-electron chi connectivity index (χ3n) is 3.85. The van der Waals surface area contributed by atoms with Crippen molar-refractivity contribution < 1.29 is 24.2 Å². The largest absolute Gasteiger partial charge is 0.493 e. The third-order valence-corrected chi connectivity index (χ3v) is 3.85. The molecule has 0 aliphatic heterocycles. The number of hydrogen-bond donors (Lipinski definition) is 3. The maximum Gasteiger partial charge on any atom is 0.326 e. The number of nitrogens with zero attached hydrogens (tertiary/aromatic N) is 1. The molecule has 0 spiro atoms. The van der Waals surface area contributed by atoms with E-state index in [2.05, 4.69) is 10.6 Å². The number of carbonyl (C=O) groups is 2. The monoisotopic (exact) mass is 375 g/mol. The van der Waals surface area contributed by atoms with Crippen molar-refractivity contribution in [2.24, 2.45) is 5.92 Å². The van der Waals surface area contributed by atoms with Crippen LogP contribution in [-0.2, 0) is 16.0 Å². The summed E-state index contributed by atoms with van der Waals surface area (Å²) in [6.45, 7) is 3.77. The molecular weight excluding hydrogens is 350 g/mol. The second kappa shape index (κ2) is 10.7. The number of methoxy groups -OCH3 is 2. The van der Waals surface area contributed by atoms with Gasteiger partial charge in [0.15, 0.2) is 11.5 Å². The van der Waals surface area contributed by atoms with Crippen molar-refractivity contribution >= 4 is 11.9 Å². The van der Waals surface area contributed by atoms with Gasteiger partial charge in [-0.05, 0) is 30.0 Å². The van der Waals surface area contributed by atoms with Gasteiger partial charge in [-0.15, -0.1) is 0 Å². The third kappa shape index (κ3) is 6.55. The quantitative estimate of drug-likeness (QED) is 0.418. The Morgan fingerprint density at radius 1 is 1.26 bits per heavy atom. The molecule has 0 radical (unpaired) electrons. The van der Waals surface area contributed by atoms with Crippen molar-refractivity contribution in [3.63, 3.8) is 0 Å². The number of amides is 1. The van der Waals surface area contributed by atoms with Crippen LogP contribution in [0.15, 0.2) is 30.0 Å². The van der Waals surface area contributed by atoms with Gasteiger partial charge in [0.05, 0.1) is 14.2 Å². The van der Waals surface area contributed by atoms with Crippen LogP contribution in [0.4, 0.5) is 0 Å². The molecule has 0 aliphatic rings. The van der Waals surface area contributed by atoms with Gasteiger partial charge in [0.2, 0.25) is 0 Å². The number of benzene rings is 1. The highest BCUT2D eigenvalue weighted by atomic mass is 16.5. The van der Waals surface area contributed by atoms with Gasteiger partial charge in [-0.2, -0.15) is 5.26 Å². The SMILES string of the molecule is COc1ccc(CCNC(=O)/C(C#N)=C\NC(C(=O)O)C(C)C)cc1OC. The fourth-order valence-corrected chi connectivity index (χ4v) is 2.32. The van der Waals surface area contributed by atoms with E-state index in [1.165, 1.54) is 0 Å². The van der Waals surface area contributed by atoms with Crippen LogP contribution in [0.2, 0.25) is 0 Å². The molecule has 1 atom stereocenters. The summed E-state index contributed by atoms with van der Waals surface area (Å²) in [5.74, 6) is -0.613. The van der Waals surface area contributed by atoms with Crippen LogP contribution < -0.4 is 20.1 Å². The first kappa shape index (κ1) is 21.8. The van der Waals surface area contributed by atoms with Gasteiger partial charge < -0.3 is 25.2 Å². The Bertz CT molecular complexity index is 737. The summed E-state index contributed by atoms with van der Waals surface area (Å²) in [6, 6.07) is 6.34. The molecular formula is C19H25N3O5. The Morgan fingerprint density at radius 3 is 2.44 bits per heavy atom. The number of rotatable bonds is 10. The number of carboxylic acid groups (broad SMARTS) is 1. The Kier molecular flexibility index (Phi) is 8.66. The molecule has 1 rings (SSSR count). The van der Waals surface area contributed by atoms with Crippen LogP contribution in [-0.4, -0.2) is 43.8 Å². The van der Waals surface area contributed by atoms with Gasteiger partial charge in [0.1, 0.15) is 17.7 Å². The lowest BCUT2D eigenvalue weighted by atomic mass is 10.1. The minimum atomic E-state index is -1.05. The van der Waals surface area contributed by atoms with Gasteiger partial charge in [-0.25, -0.2) is 4.79 Å². The molecule has 0 aliphatic carbocycles. The number of hydrogen-bond acceptors (Lipinski definition) is 6. The van der Waals surface area contributed by atoms with Gasteiger partial charge >= 0.3 is 5.97 Å². The lowest BCUT2D eigenvalue weighted by Crippen LogP contribution is -2.38. The highest BCUT2D eigenvalue weighted by Crippen LogP contribution is 2.27. The highest BCUT2D eigenvalue weighted by molar-refractivity contribution is 5.97. The molecule has 1 aromatic rings. The second-order valence-electron chi connectivity index (χ2n) is 6.09. The van der Waals surface area contributed by atoms with Crippen LogP contribution >= 0.6 is 0 Å². The number of carboxylic acids is 1. The fraction of sp³-hybridized carbons (Fsp3) is 0.421. The number of nitriles is 1. The number of nitrogens with one attached hydrogen (secondary N) is 2. The Labute approximate surface area is 158 Å². The predicted octanol–water partition coefficient (Wildman–Crippen LogP) is 1.47. The number of carbonyl (C=O) groups excluding carboxylic acids is 1. The fourth-order valence-electron chi connectivity index (χ4n) is 2.32. The van der Waals surface area contributed by atoms with Crippen molar-refractivity contribution in [1.29, 1.82) is 5.26 Å². The molecule has 1 aromatic carbocycles. The Hall–Kier alpha value is -3.21. The molecule has 27 heavy (non-hydrogen) atoms. The normalized spacial score (nSPS) is 12.1. The van der Waals surface area contributed by atoms with Crippen LogP contribution in [0, 0.1) is 17.2 Å². The van der Waals surface area contributed by atoms with Gasteiger partial charge in [0, 0.05) is 12.7 Å². The summed E-state index contributed by atoms with van der Waals surface area (Å²) < 4.78 is 10.4. The first-order valence-corrected chi connectivity index (χ1v) is 8.42. The van der Waals surface area contributed by atoms with Crippen molar-refractivity contribution in [3.05, 3.63) is 35.5 Å². The summed E-state index contributed by atoms with van der Waals surface area (Å²) in [5, 5.41) is 23.5. The number of aliphatic carboxylic acids is 1. The highest BCUT2D eigenvalue weighted by Gasteiger charge is 2.20. The van der Waals surface area contributed by atoms with E-state index in [4.69, 9.17) is 19.8 Å². The van der Waals surface area contributed by atoms with Crippen molar-refractivity contribution in [1.82, 2.24) is 10.6 Å². The molecule has 146 valence electrons. The molecule has 3 N–H and O–H groups in total. The first-order chi connectivity index (χ1) is 12.8. The van der Waals surface area contributed by atoms with E-state index in [-0.39, 0.29) is 11.5 Å². The lowest BCUT2D eigenvalue weighted by Gasteiger charge is -2.16. The summed E-state index contributed by atoms with van der Waals surface area (Å²) in [6.07, 6.45) is 1.67. The lowest BCUT2D eigenvalue weighted by molar-refractivity contribution is -0.140. The molecule has 0 heterocycles. The molecule has 0 saturated carbocycles. The van der Waals surface area contributed by atoms with E-state index in [9.17, 15) is 9.59 Å². The molecule has 8 heteroatoms. The van der Waals surface area contributed by atoms with Crippen molar-refractivity contribution in [3.8, 4) is 17.6 Å². The van der Waals surface area contributed by atoms with Crippen molar-refractivity contribution in [2.45, 2.75) is 26.3 Å². The molecule has 0 aromatic heterocycles. The summed E-state index contributed by atoms with van der Waals surface area (Å²) in [7, 11) is 3.09. The zero-order chi connectivity index (χ0) is 20.4. The zero-order valence-electron chi connectivity index (χ0n) is 15.9. The minimum Gasteiger partial charge on any atom is -0.493 e. The van der Waals surface area contributed by atoms with E-state index in [1.54, 1.807) is 40.2 Å². The summed E-state index contributed by atoms with van der Waals surface area (Å²) >= 11 is 0. The van der Waals surface area contributed by atoms with E-state index < -0.39 is 17.9 Å². The molecule has 0 fully saturated rings. The van der Waals surface area contributed by atoms with E-state index in [0.29, 0.717) is 24.5 Å². The van der Waals surface area contributed by atoms with Gasteiger partial charge in [0.25, 0.3) is 5.91 Å². The van der Waals surface area contributed by atoms with Gasteiger partial charge in [-0.3, -0.25) is 4.79 Å². The zero-order valence-corrected chi connectivity index (χ0v) is 15.9. The summed E-state index contributed by atoms with van der Waals surface area (Å²) in [4.78, 5) is 23.3. The minimum absolute atomic E-state index is 0.186. The maximum atomic E-state index is 12.1. The first-order valence-electron chi connectivity index (χ1n) is 8.42. The Balaban J connectivity index is 2.65. The topological polar surface area (TPSA) is 121 Å². The van der Waals surface area contributed by atoms with Crippen LogP contribution in [0.3, 0.4) is 0 Å². The average Bonchev–Trinajstić information content (AvgIpc) is 2.64. The molecule has 1 amide bonds. The van der Waals surface area contributed by atoms with Crippen LogP contribution in [0.25, 0.3) is 0 Å². The van der Waals surface area contributed by atoms with Crippen LogP contribution in [0.5, 0.6) is 11.5 Å². The second-order valence-corrected chi connectivity index (χ2v) is 6.09. The van der Waals surface area contributed by atoms with Crippen LogP contribution in [0.1, 0.15) is 19.4 Å². The molecule has 0 bridgehead atoms. The van der Waals surface area contributed by atoms with Gasteiger partial charge in [-0.1, -0.05) is 19.9 Å². The Morgan fingerprint density at radius 2 is 1.93 bits per heavy atom. The maximum absolute atomic E-state index is 12.1. The molecule has 1 unspecified atom stereocenters. The van der Waals surface area contributed by atoms with Crippen molar-refractivity contribution in [2.75, 3.05) is 20.8 Å².